The Morgan fingerprint density at radius 3 is 2.11 bits per heavy atom. The number of nitrogens with zero attached hydrogens (tertiary/aromatic N) is 1. The summed E-state index contributed by atoms with van der Waals surface area (Å²) in [5, 5.41) is 2.85. The first kappa shape index (κ1) is 15.2. The lowest BCUT2D eigenvalue weighted by molar-refractivity contribution is -0.128. The molecule has 4 heteroatoms. The average molecular weight is 254 g/mol. The van der Waals surface area contributed by atoms with Crippen LogP contribution in [0.3, 0.4) is 0 Å². The zero-order chi connectivity index (χ0) is 13.5. The second kappa shape index (κ2) is 7.52. The fourth-order valence-electron chi connectivity index (χ4n) is 2.45. The fourth-order valence-corrected chi connectivity index (χ4v) is 2.45. The molecule has 0 aliphatic carbocycles. The van der Waals surface area contributed by atoms with Gasteiger partial charge in [0, 0.05) is 0 Å². The molecule has 1 unspecified atom stereocenters. The Labute approximate surface area is 110 Å². The molecule has 1 aliphatic heterocycles. The molecule has 1 N–H and O–H groups in total. The maximum Gasteiger partial charge on any atom is 0.234 e. The van der Waals surface area contributed by atoms with Crippen LogP contribution in [0, 0.1) is 5.92 Å². The van der Waals surface area contributed by atoms with E-state index in [0.29, 0.717) is 6.54 Å². The summed E-state index contributed by atoms with van der Waals surface area (Å²) in [5.74, 6) is 0.163. The molecule has 1 saturated heterocycles. The van der Waals surface area contributed by atoms with E-state index in [4.69, 9.17) is 0 Å². The number of hydrogen-bond donors (Lipinski definition) is 1. The maximum atomic E-state index is 11.9. The zero-order valence-corrected chi connectivity index (χ0v) is 11.9. The number of hydrogen-bond acceptors (Lipinski definition) is 3. The quantitative estimate of drug-likeness (QED) is 0.810. The third-order valence-corrected chi connectivity index (χ3v) is 3.49. The van der Waals surface area contributed by atoms with Crippen molar-refractivity contribution in [2.75, 3.05) is 19.6 Å². The summed E-state index contributed by atoms with van der Waals surface area (Å²) in [6.07, 6.45) is 4.88. The van der Waals surface area contributed by atoms with Crippen molar-refractivity contribution in [3.63, 3.8) is 0 Å². The molecular formula is C14H26N2O2. The van der Waals surface area contributed by atoms with Crippen LogP contribution in [0.25, 0.3) is 0 Å². The number of carbonyl (C=O) groups excluding carboxylic acids is 2. The van der Waals surface area contributed by atoms with Crippen molar-refractivity contribution in [3.05, 3.63) is 0 Å². The van der Waals surface area contributed by atoms with Gasteiger partial charge in [0.2, 0.25) is 5.91 Å². The number of rotatable bonds is 5. The minimum Gasteiger partial charge on any atom is -0.345 e. The predicted octanol–water partition coefficient (Wildman–Crippen LogP) is 1.59. The molecule has 104 valence electrons. The maximum absolute atomic E-state index is 11.9. The van der Waals surface area contributed by atoms with Crippen LogP contribution < -0.4 is 5.32 Å². The van der Waals surface area contributed by atoms with Gasteiger partial charge in [-0.25, -0.2) is 0 Å². The van der Waals surface area contributed by atoms with Crippen molar-refractivity contribution in [1.29, 1.82) is 0 Å². The molecule has 0 saturated carbocycles. The van der Waals surface area contributed by atoms with Crippen LogP contribution in [0.2, 0.25) is 0 Å². The monoisotopic (exact) mass is 254 g/mol. The van der Waals surface area contributed by atoms with Crippen molar-refractivity contribution in [2.45, 2.75) is 52.5 Å². The summed E-state index contributed by atoms with van der Waals surface area (Å²) >= 11 is 0. The van der Waals surface area contributed by atoms with Crippen LogP contribution in [-0.2, 0) is 9.59 Å². The molecule has 0 bridgehead atoms. The molecule has 1 atom stereocenters. The van der Waals surface area contributed by atoms with E-state index in [1.54, 1.807) is 0 Å². The van der Waals surface area contributed by atoms with Gasteiger partial charge in [-0.05, 0) is 38.8 Å². The Kier molecular flexibility index (Phi) is 6.33. The topological polar surface area (TPSA) is 49.4 Å². The Morgan fingerprint density at radius 2 is 1.67 bits per heavy atom. The minimum absolute atomic E-state index is 0.0224. The molecule has 1 rings (SSSR count). The summed E-state index contributed by atoms with van der Waals surface area (Å²) in [6, 6.07) is -0.343. The molecule has 1 aliphatic rings. The van der Waals surface area contributed by atoms with Gasteiger partial charge in [-0.1, -0.05) is 26.7 Å². The van der Waals surface area contributed by atoms with Crippen molar-refractivity contribution in [1.82, 2.24) is 10.2 Å². The normalized spacial score (nSPS) is 19.3. The largest absolute Gasteiger partial charge is 0.345 e. The zero-order valence-electron chi connectivity index (χ0n) is 11.9. The lowest BCUT2D eigenvalue weighted by Crippen LogP contribution is -2.47. The van der Waals surface area contributed by atoms with E-state index >= 15 is 0 Å². The molecule has 1 amide bonds. The van der Waals surface area contributed by atoms with E-state index in [1.807, 2.05) is 13.8 Å². The average Bonchev–Trinajstić information content (AvgIpc) is 2.53. The first-order valence-corrected chi connectivity index (χ1v) is 7.03. The van der Waals surface area contributed by atoms with Gasteiger partial charge in [-0.2, -0.15) is 0 Å². The molecule has 4 nitrogen and oxygen atoms in total. The Balaban J connectivity index is 2.41. The third-order valence-electron chi connectivity index (χ3n) is 3.49. The van der Waals surface area contributed by atoms with Gasteiger partial charge in [0.15, 0.2) is 5.78 Å². The van der Waals surface area contributed by atoms with Gasteiger partial charge in [-0.3, -0.25) is 14.5 Å². The van der Waals surface area contributed by atoms with Crippen LogP contribution in [0.1, 0.15) is 46.5 Å². The fraction of sp³-hybridized carbons (Fsp3) is 0.857. The number of Topliss-reactive ketones (excluding diaryl/α,β-unsaturated/α-hetero) is 1. The molecule has 0 spiro atoms. The van der Waals surface area contributed by atoms with Gasteiger partial charge in [0.1, 0.15) is 0 Å². The molecule has 0 aromatic carbocycles. The van der Waals surface area contributed by atoms with Crippen molar-refractivity contribution >= 4 is 11.7 Å². The SMILES string of the molecule is CC(=O)C(NC(=O)CN1CCCCCC1)C(C)C. The van der Waals surface area contributed by atoms with Gasteiger partial charge in [0.25, 0.3) is 0 Å². The molecule has 0 aromatic heterocycles. The van der Waals surface area contributed by atoms with Crippen molar-refractivity contribution in [2.24, 2.45) is 5.92 Å². The van der Waals surface area contributed by atoms with Gasteiger partial charge in [-0.15, -0.1) is 0 Å². The smallest absolute Gasteiger partial charge is 0.234 e. The highest BCUT2D eigenvalue weighted by atomic mass is 16.2. The van der Waals surface area contributed by atoms with Crippen molar-refractivity contribution in [3.8, 4) is 0 Å². The molecule has 0 aromatic rings. The number of nitrogens with one attached hydrogen (secondary N) is 1. The van der Waals surface area contributed by atoms with Gasteiger partial charge >= 0.3 is 0 Å². The van der Waals surface area contributed by atoms with E-state index < -0.39 is 0 Å². The molecule has 1 heterocycles. The second-order valence-electron chi connectivity index (χ2n) is 5.59. The summed E-state index contributed by atoms with van der Waals surface area (Å²) in [5.41, 5.74) is 0. The predicted molar refractivity (Wildman–Crippen MR) is 72.4 cm³/mol. The summed E-state index contributed by atoms with van der Waals surface area (Å²) in [6.45, 7) is 7.88. The molecule has 1 fully saturated rings. The van der Waals surface area contributed by atoms with Crippen molar-refractivity contribution < 1.29 is 9.59 Å². The standard InChI is InChI=1S/C14H26N2O2/c1-11(2)14(12(3)17)15-13(18)10-16-8-6-4-5-7-9-16/h11,14H,4-10H2,1-3H3,(H,15,18). The summed E-state index contributed by atoms with van der Waals surface area (Å²) in [4.78, 5) is 25.6. The number of ketones is 1. The molecule has 18 heavy (non-hydrogen) atoms. The van der Waals surface area contributed by atoms with Crippen LogP contribution in [-0.4, -0.2) is 42.3 Å². The van der Waals surface area contributed by atoms with E-state index in [9.17, 15) is 9.59 Å². The van der Waals surface area contributed by atoms with Crippen LogP contribution >= 0.6 is 0 Å². The van der Waals surface area contributed by atoms with E-state index in [0.717, 1.165) is 13.1 Å². The number of carbonyl (C=O) groups is 2. The van der Waals surface area contributed by atoms with E-state index in [-0.39, 0.29) is 23.7 Å². The van der Waals surface area contributed by atoms with Crippen LogP contribution in [0.15, 0.2) is 0 Å². The minimum atomic E-state index is -0.343. The van der Waals surface area contributed by atoms with E-state index in [1.165, 1.54) is 32.6 Å². The number of amides is 1. The summed E-state index contributed by atoms with van der Waals surface area (Å²) < 4.78 is 0. The molecule has 0 radical (unpaired) electrons. The van der Waals surface area contributed by atoms with Gasteiger partial charge in [0.05, 0.1) is 12.6 Å². The Bertz CT molecular complexity index is 282. The van der Waals surface area contributed by atoms with E-state index in [2.05, 4.69) is 10.2 Å². The second-order valence-corrected chi connectivity index (χ2v) is 5.59. The lowest BCUT2D eigenvalue weighted by atomic mass is 10.0. The Hall–Kier alpha value is -0.900. The first-order valence-electron chi connectivity index (χ1n) is 7.03. The van der Waals surface area contributed by atoms with Crippen LogP contribution in [0.4, 0.5) is 0 Å². The molecular weight excluding hydrogens is 228 g/mol. The highest BCUT2D eigenvalue weighted by molar-refractivity contribution is 5.88. The summed E-state index contributed by atoms with van der Waals surface area (Å²) in [7, 11) is 0. The van der Waals surface area contributed by atoms with Crippen LogP contribution in [0.5, 0.6) is 0 Å². The highest BCUT2D eigenvalue weighted by Crippen LogP contribution is 2.09. The number of likely N-dealkylation sites (tertiary alicyclic amines) is 1. The lowest BCUT2D eigenvalue weighted by Gasteiger charge is -2.23. The Morgan fingerprint density at radius 1 is 1.11 bits per heavy atom. The highest BCUT2D eigenvalue weighted by Gasteiger charge is 2.21. The van der Waals surface area contributed by atoms with Gasteiger partial charge < -0.3 is 5.32 Å². The first-order chi connectivity index (χ1) is 8.50. The third kappa shape index (κ3) is 5.17.